The van der Waals surface area contributed by atoms with Gasteiger partial charge in [-0.3, -0.25) is 4.98 Å². The summed E-state index contributed by atoms with van der Waals surface area (Å²) in [6, 6.07) is 20.1. The predicted molar refractivity (Wildman–Crippen MR) is 134 cm³/mol. The zero-order valence-corrected chi connectivity index (χ0v) is 20.6. The van der Waals surface area contributed by atoms with Gasteiger partial charge in [-0.05, 0) is 60.9 Å². The van der Waals surface area contributed by atoms with Gasteiger partial charge in [-0.2, -0.15) is 13.2 Å². The summed E-state index contributed by atoms with van der Waals surface area (Å²) < 4.78 is 49.8. The van der Waals surface area contributed by atoms with Gasteiger partial charge in [0.2, 0.25) is 0 Å². The van der Waals surface area contributed by atoms with Crippen LogP contribution in [0.1, 0.15) is 56.7 Å². The summed E-state index contributed by atoms with van der Waals surface area (Å²) in [7, 11) is 0. The van der Waals surface area contributed by atoms with Gasteiger partial charge in [-0.15, -0.1) is 0 Å². The first-order chi connectivity index (χ1) is 17.3. The van der Waals surface area contributed by atoms with Crippen LogP contribution in [-0.2, 0) is 16.0 Å². The van der Waals surface area contributed by atoms with Gasteiger partial charge >= 0.3 is 12.1 Å². The molecule has 3 aromatic rings. The average molecular weight is 500 g/mol. The van der Waals surface area contributed by atoms with E-state index >= 15 is 0 Å². The smallest absolute Gasteiger partial charge is 0.424 e. The SMILES string of the molecule is CCCCc1ccc(-c2ccc(C(C)CCCOC(C(=O)Oc3ccccc3)C(F)(F)F)nc2)cc1. The fourth-order valence-corrected chi connectivity index (χ4v) is 3.81. The zero-order valence-electron chi connectivity index (χ0n) is 20.6. The Labute approximate surface area is 210 Å². The number of esters is 1. The normalized spacial score (nSPS) is 13.2. The lowest BCUT2D eigenvalue weighted by molar-refractivity contribution is -0.225. The van der Waals surface area contributed by atoms with Crippen molar-refractivity contribution in [1.29, 1.82) is 0 Å². The number of carbonyl (C=O) groups excluding carboxylic acids is 1. The molecule has 2 aromatic carbocycles. The Balaban J connectivity index is 1.49. The number of pyridine rings is 1. The number of benzene rings is 2. The van der Waals surface area contributed by atoms with E-state index in [0.717, 1.165) is 23.2 Å². The molecular weight excluding hydrogens is 467 g/mol. The number of aryl methyl sites for hydroxylation is 1. The van der Waals surface area contributed by atoms with Crippen LogP contribution < -0.4 is 4.74 Å². The van der Waals surface area contributed by atoms with E-state index in [1.807, 2.05) is 25.3 Å². The standard InChI is InChI=1S/C29H32F3NO3/c1-3-4-10-22-13-15-23(16-14-22)24-17-18-26(33-20-24)21(2)9-8-19-35-27(29(30,31)32)28(34)36-25-11-6-5-7-12-25/h5-7,11-18,20-21,27H,3-4,8-10,19H2,1-2H3. The molecule has 2 atom stereocenters. The Kier molecular flexibility index (Phi) is 10.1. The minimum atomic E-state index is -4.86. The molecule has 0 saturated carbocycles. The first kappa shape index (κ1) is 27.4. The highest BCUT2D eigenvalue weighted by Crippen LogP contribution is 2.27. The molecule has 2 unspecified atom stereocenters. The van der Waals surface area contributed by atoms with Crippen LogP contribution in [0.3, 0.4) is 0 Å². The van der Waals surface area contributed by atoms with Crippen molar-refractivity contribution in [2.24, 2.45) is 0 Å². The van der Waals surface area contributed by atoms with Crippen molar-refractivity contribution in [1.82, 2.24) is 4.98 Å². The first-order valence-electron chi connectivity index (χ1n) is 12.3. The molecule has 0 N–H and O–H groups in total. The van der Waals surface area contributed by atoms with Crippen molar-refractivity contribution in [3.8, 4) is 16.9 Å². The average Bonchev–Trinajstić information content (AvgIpc) is 2.87. The molecule has 4 nitrogen and oxygen atoms in total. The Hall–Kier alpha value is -3.19. The maximum atomic E-state index is 13.3. The van der Waals surface area contributed by atoms with Gasteiger partial charge < -0.3 is 9.47 Å². The summed E-state index contributed by atoms with van der Waals surface area (Å²) in [4.78, 5) is 16.6. The molecule has 0 radical (unpaired) electrons. The second-order valence-electron chi connectivity index (χ2n) is 8.84. The molecule has 1 aromatic heterocycles. The lowest BCUT2D eigenvalue weighted by Crippen LogP contribution is -2.42. The van der Waals surface area contributed by atoms with Crippen LogP contribution in [0.25, 0.3) is 11.1 Å². The number of hydrogen-bond donors (Lipinski definition) is 0. The highest BCUT2D eigenvalue weighted by molar-refractivity contribution is 5.78. The topological polar surface area (TPSA) is 48.4 Å². The van der Waals surface area contributed by atoms with Crippen molar-refractivity contribution in [3.63, 3.8) is 0 Å². The summed E-state index contributed by atoms with van der Waals surface area (Å²) in [5, 5.41) is 0. The quantitative estimate of drug-likeness (QED) is 0.147. The van der Waals surface area contributed by atoms with Crippen molar-refractivity contribution in [3.05, 3.63) is 84.2 Å². The molecule has 0 aliphatic rings. The van der Waals surface area contributed by atoms with E-state index in [1.54, 1.807) is 18.2 Å². The van der Waals surface area contributed by atoms with Crippen molar-refractivity contribution in [2.75, 3.05) is 6.61 Å². The molecule has 36 heavy (non-hydrogen) atoms. The van der Waals surface area contributed by atoms with Gasteiger partial charge in [0.15, 0.2) is 0 Å². The molecule has 0 fully saturated rings. The van der Waals surface area contributed by atoms with Crippen molar-refractivity contribution in [2.45, 2.75) is 64.1 Å². The maximum Gasteiger partial charge on any atom is 0.425 e. The number of alkyl halides is 3. The third kappa shape index (κ3) is 8.19. The Morgan fingerprint density at radius 2 is 1.64 bits per heavy atom. The number of rotatable bonds is 12. The first-order valence-corrected chi connectivity index (χ1v) is 12.3. The van der Waals surface area contributed by atoms with E-state index in [4.69, 9.17) is 9.47 Å². The van der Waals surface area contributed by atoms with Crippen LogP contribution in [-0.4, -0.2) is 29.8 Å². The van der Waals surface area contributed by atoms with E-state index in [2.05, 4.69) is 36.2 Å². The summed E-state index contributed by atoms with van der Waals surface area (Å²) in [6.07, 6.45) is -1.34. The van der Waals surface area contributed by atoms with Crippen LogP contribution in [0.4, 0.5) is 13.2 Å². The van der Waals surface area contributed by atoms with Crippen LogP contribution in [0.2, 0.25) is 0 Å². The number of aromatic nitrogens is 1. The number of hydrogen-bond acceptors (Lipinski definition) is 4. The maximum absolute atomic E-state index is 13.3. The van der Waals surface area contributed by atoms with Gasteiger partial charge in [-0.25, -0.2) is 4.79 Å². The van der Waals surface area contributed by atoms with Crippen molar-refractivity contribution >= 4 is 5.97 Å². The van der Waals surface area contributed by atoms with E-state index in [-0.39, 0.29) is 18.3 Å². The summed E-state index contributed by atoms with van der Waals surface area (Å²) in [5.74, 6) is -1.41. The molecule has 1 heterocycles. The van der Waals surface area contributed by atoms with Crippen LogP contribution >= 0.6 is 0 Å². The highest BCUT2D eigenvalue weighted by Gasteiger charge is 2.47. The van der Waals surface area contributed by atoms with Crippen LogP contribution in [0.5, 0.6) is 5.75 Å². The Bertz CT molecular complexity index is 1070. The number of para-hydroxylation sites is 1. The van der Waals surface area contributed by atoms with Crippen molar-refractivity contribution < 1.29 is 27.4 Å². The number of nitrogens with zero attached hydrogens (tertiary/aromatic N) is 1. The predicted octanol–water partition coefficient (Wildman–Crippen LogP) is 7.53. The van der Waals surface area contributed by atoms with Crippen LogP contribution in [0, 0.1) is 0 Å². The van der Waals surface area contributed by atoms with Gasteiger partial charge in [-0.1, -0.05) is 68.8 Å². The fourth-order valence-electron chi connectivity index (χ4n) is 3.81. The number of carbonyl (C=O) groups is 1. The molecule has 3 rings (SSSR count). The minimum Gasteiger partial charge on any atom is -0.424 e. The highest BCUT2D eigenvalue weighted by atomic mass is 19.4. The molecule has 0 aliphatic heterocycles. The summed E-state index contributed by atoms with van der Waals surface area (Å²) in [5.41, 5.74) is 4.29. The zero-order chi connectivity index (χ0) is 26.0. The van der Waals surface area contributed by atoms with E-state index in [9.17, 15) is 18.0 Å². The van der Waals surface area contributed by atoms with Gasteiger partial charge in [0.1, 0.15) is 5.75 Å². The molecule has 0 saturated heterocycles. The minimum absolute atomic E-state index is 0.0275. The Morgan fingerprint density at radius 3 is 2.25 bits per heavy atom. The third-order valence-corrected chi connectivity index (χ3v) is 5.94. The molecule has 0 aliphatic carbocycles. The van der Waals surface area contributed by atoms with Gasteiger partial charge in [0.05, 0.1) is 0 Å². The summed E-state index contributed by atoms with van der Waals surface area (Å²) in [6.45, 7) is 3.92. The number of halogens is 3. The molecular formula is C29H32F3NO3. The van der Waals surface area contributed by atoms with E-state index < -0.39 is 18.2 Å². The molecule has 0 bridgehead atoms. The fraction of sp³-hybridized carbons (Fsp3) is 0.379. The van der Waals surface area contributed by atoms with Crippen LogP contribution in [0.15, 0.2) is 72.9 Å². The van der Waals surface area contributed by atoms with E-state index in [0.29, 0.717) is 12.8 Å². The lowest BCUT2D eigenvalue weighted by Gasteiger charge is -2.20. The molecule has 192 valence electrons. The number of unbranched alkanes of at least 4 members (excludes halogenated alkanes) is 1. The molecule has 0 amide bonds. The Morgan fingerprint density at radius 1 is 0.944 bits per heavy atom. The number of ether oxygens (including phenoxy) is 2. The van der Waals surface area contributed by atoms with Gasteiger partial charge in [0.25, 0.3) is 6.10 Å². The monoisotopic (exact) mass is 499 g/mol. The second-order valence-corrected chi connectivity index (χ2v) is 8.84. The second kappa shape index (κ2) is 13.2. The van der Waals surface area contributed by atoms with Gasteiger partial charge in [0, 0.05) is 24.1 Å². The molecule has 0 spiro atoms. The van der Waals surface area contributed by atoms with E-state index in [1.165, 1.54) is 30.5 Å². The lowest BCUT2D eigenvalue weighted by atomic mass is 9.99. The summed E-state index contributed by atoms with van der Waals surface area (Å²) >= 11 is 0. The largest absolute Gasteiger partial charge is 0.425 e. The third-order valence-electron chi connectivity index (χ3n) is 5.94. The molecule has 7 heteroatoms.